The van der Waals surface area contributed by atoms with Crippen molar-refractivity contribution in [2.75, 3.05) is 24.2 Å². The normalized spacial score (nSPS) is 20.1. The summed E-state index contributed by atoms with van der Waals surface area (Å²) in [5.41, 5.74) is 1.85. The van der Waals surface area contributed by atoms with Crippen molar-refractivity contribution in [3.8, 4) is 11.4 Å². The lowest BCUT2D eigenvalue weighted by atomic mass is 10.0. The van der Waals surface area contributed by atoms with Gasteiger partial charge in [0.2, 0.25) is 5.58 Å². The molecule has 0 spiro atoms. The smallest absolute Gasteiger partial charge is 0.205 e. The maximum absolute atomic E-state index is 15.5. The summed E-state index contributed by atoms with van der Waals surface area (Å²) in [5.74, 6) is -0.527. The van der Waals surface area contributed by atoms with Crippen molar-refractivity contribution in [3.63, 3.8) is 0 Å². The number of benzene rings is 1. The lowest BCUT2D eigenvalue weighted by Gasteiger charge is -2.37. The number of hydrogen-bond donors (Lipinski definition) is 1. The molecular weight excluding hydrogens is 383 g/mol. The lowest BCUT2D eigenvalue weighted by molar-refractivity contribution is -0.00549. The van der Waals surface area contributed by atoms with E-state index in [1.54, 1.807) is 18.3 Å². The molecule has 3 heterocycles. The van der Waals surface area contributed by atoms with E-state index in [9.17, 15) is 5.11 Å². The van der Waals surface area contributed by atoms with Crippen molar-refractivity contribution in [2.24, 2.45) is 0 Å². The molecule has 2 unspecified atom stereocenters. The molecule has 9 heteroatoms. The predicted molar refractivity (Wildman–Crippen MR) is 105 cm³/mol. The van der Waals surface area contributed by atoms with Gasteiger partial charge in [-0.1, -0.05) is 16.9 Å². The van der Waals surface area contributed by atoms with Gasteiger partial charge < -0.3 is 19.3 Å². The third-order valence-electron chi connectivity index (χ3n) is 4.72. The first kappa shape index (κ1) is 19.1. The van der Waals surface area contributed by atoms with E-state index in [1.807, 2.05) is 25.0 Å². The number of nitrogens with zero attached hydrogens (tertiary/aromatic N) is 4. The van der Waals surface area contributed by atoms with Crippen LogP contribution in [0.2, 0.25) is 0 Å². The number of morpholine rings is 1. The van der Waals surface area contributed by atoms with Gasteiger partial charge in [-0.3, -0.25) is 0 Å². The number of thioether (sulfide) groups is 1. The summed E-state index contributed by atoms with van der Waals surface area (Å²) in [6, 6.07) is 3.43. The third kappa shape index (κ3) is 3.34. The van der Waals surface area contributed by atoms with Gasteiger partial charge in [0.05, 0.1) is 35.6 Å². The van der Waals surface area contributed by atoms with Crippen LogP contribution in [0.5, 0.6) is 0 Å². The Morgan fingerprint density at radius 3 is 2.75 bits per heavy atom. The largest absolute Gasteiger partial charge is 0.392 e. The number of aromatic nitrogens is 3. The first-order valence-corrected chi connectivity index (χ1v) is 10.2. The van der Waals surface area contributed by atoms with Gasteiger partial charge in [0.1, 0.15) is 5.69 Å². The van der Waals surface area contributed by atoms with Crippen molar-refractivity contribution < 1.29 is 18.8 Å². The Labute approximate surface area is 165 Å². The Kier molecular flexibility index (Phi) is 5.22. The molecule has 4 rings (SSSR count). The monoisotopic (exact) mass is 404 g/mol. The molecule has 2 atom stereocenters. The van der Waals surface area contributed by atoms with Crippen LogP contribution in [0.4, 0.5) is 10.1 Å². The standard InChI is InChI=1S/C19H21FN4O3S/c1-10-7-24(8-11(2)26-10)17-12(9-25)6-13-16(23-27-18(13)15(17)20)14-4-5-21-19(22-14)28-3/h4-6,10-11,25H,7-9H2,1-3H3. The highest BCUT2D eigenvalue weighted by Gasteiger charge is 2.29. The summed E-state index contributed by atoms with van der Waals surface area (Å²) in [6.07, 6.45) is 3.42. The van der Waals surface area contributed by atoms with E-state index in [0.717, 1.165) is 0 Å². The van der Waals surface area contributed by atoms with Gasteiger partial charge in [0.15, 0.2) is 11.0 Å². The summed E-state index contributed by atoms with van der Waals surface area (Å²) in [4.78, 5) is 10.5. The maximum atomic E-state index is 15.5. The summed E-state index contributed by atoms with van der Waals surface area (Å²) in [5, 5.41) is 15.1. The maximum Gasteiger partial charge on any atom is 0.205 e. The summed E-state index contributed by atoms with van der Waals surface area (Å²) >= 11 is 1.40. The number of fused-ring (bicyclic) bond motifs is 1. The van der Waals surface area contributed by atoms with E-state index < -0.39 is 5.82 Å². The fourth-order valence-electron chi connectivity index (χ4n) is 3.66. The van der Waals surface area contributed by atoms with Crippen LogP contribution in [0.1, 0.15) is 19.4 Å². The molecule has 1 N–H and O–H groups in total. The van der Waals surface area contributed by atoms with Crippen molar-refractivity contribution in [2.45, 2.75) is 37.8 Å². The van der Waals surface area contributed by atoms with Gasteiger partial charge in [-0.05, 0) is 32.2 Å². The lowest BCUT2D eigenvalue weighted by Crippen LogP contribution is -2.46. The Bertz CT molecular complexity index is 1000. The molecule has 7 nitrogen and oxygen atoms in total. The number of rotatable bonds is 4. The topological polar surface area (TPSA) is 84.5 Å². The van der Waals surface area contributed by atoms with Crippen molar-refractivity contribution >= 4 is 28.4 Å². The van der Waals surface area contributed by atoms with Crippen LogP contribution in [0, 0.1) is 5.82 Å². The highest BCUT2D eigenvalue weighted by atomic mass is 32.2. The molecular formula is C19H21FN4O3S. The number of aliphatic hydroxyl groups excluding tert-OH is 1. The van der Waals surface area contributed by atoms with E-state index in [4.69, 9.17) is 9.26 Å². The van der Waals surface area contributed by atoms with Crippen molar-refractivity contribution in [1.29, 1.82) is 0 Å². The van der Waals surface area contributed by atoms with Crippen molar-refractivity contribution in [3.05, 3.63) is 29.7 Å². The second kappa shape index (κ2) is 7.65. The molecule has 148 valence electrons. The molecule has 0 bridgehead atoms. The minimum absolute atomic E-state index is 0.0401. The number of hydrogen-bond acceptors (Lipinski definition) is 8. The number of ether oxygens (including phenoxy) is 1. The minimum Gasteiger partial charge on any atom is -0.392 e. The first-order chi connectivity index (χ1) is 13.5. The molecule has 1 saturated heterocycles. The Balaban J connectivity index is 1.85. The molecule has 1 aliphatic rings. The van der Waals surface area contributed by atoms with Gasteiger partial charge >= 0.3 is 0 Å². The quantitative estimate of drug-likeness (QED) is 0.524. The molecule has 0 amide bonds. The van der Waals surface area contributed by atoms with E-state index in [0.29, 0.717) is 46.3 Å². The fraction of sp³-hybridized carbons (Fsp3) is 0.421. The van der Waals surface area contributed by atoms with E-state index in [-0.39, 0.29) is 24.4 Å². The molecule has 3 aromatic rings. The third-order valence-corrected chi connectivity index (χ3v) is 5.28. The molecule has 0 saturated carbocycles. The minimum atomic E-state index is -0.527. The zero-order valence-electron chi connectivity index (χ0n) is 15.8. The van der Waals surface area contributed by atoms with Crippen LogP contribution < -0.4 is 4.90 Å². The second-order valence-corrected chi connectivity index (χ2v) is 7.63. The fourth-order valence-corrected chi connectivity index (χ4v) is 4.02. The molecule has 1 fully saturated rings. The van der Waals surface area contributed by atoms with Gasteiger partial charge in [0.25, 0.3) is 0 Å². The van der Waals surface area contributed by atoms with Gasteiger partial charge in [-0.15, -0.1) is 0 Å². The highest BCUT2D eigenvalue weighted by molar-refractivity contribution is 7.98. The molecule has 1 aromatic carbocycles. The van der Waals surface area contributed by atoms with E-state index in [2.05, 4.69) is 15.1 Å². The number of halogens is 1. The van der Waals surface area contributed by atoms with Crippen LogP contribution in [-0.4, -0.2) is 51.8 Å². The zero-order valence-corrected chi connectivity index (χ0v) is 16.7. The van der Waals surface area contributed by atoms with Gasteiger partial charge in [-0.25, -0.2) is 14.4 Å². The summed E-state index contributed by atoms with van der Waals surface area (Å²) < 4.78 is 26.6. The summed E-state index contributed by atoms with van der Waals surface area (Å²) in [7, 11) is 0. The van der Waals surface area contributed by atoms with E-state index in [1.165, 1.54) is 11.8 Å². The molecule has 0 radical (unpaired) electrons. The van der Waals surface area contributed by atoms with Gasteiger partial charge in [-0.2, -0.15) is 0 Å². The summed E-state index contributed by atoms with van der Waals surface area (Å²) in [6.45, 7) is 4.66. The highest BCUT2D eigenvalue weighted by Crippen LogP contribution is 2.37. The van der Waals surface area contributed by atoms with Crippen molar-refractivity contribution in [1.82, 2.24) is 15.1 Å². The Morgan fingerprint density at radius 2 is 2.07 bits per heavy atom. The first-order valence-electron chi connectivity index (χ1n) is 9.01. The molecule has 1 aliphatic heterocycles. The van der Waals surface area contributed by atoms with Gasteiger partial charge in [0, 0.05) is 24.8 Å². The zero-order chi connectivity index (χ0) is 19.8. The van der Waals surface area contributed by atoms with Crippen LogP contribution in [0.3, 0.4) is 0 Å². The van der Waals surface area contributed by atoms with E-state index >= 15 is 4.39 Å². The second-order valence-electron chi connectivity index (χ2n) is 6.86. The molecule has 2 aromatic heterocycles. The predicted octanol–water partition coefficient (Wildman–Crippen LogP) is 3.25. The average molecular weight is 404 g/mol. The Morgan fingerprint density at radius 1 is 1.32 bits per heavy atom. The molecule has 0 aliphatic carbocycles. The number of anilines is 1. The van der Waals surface area contributed by atoms with Crippen LogP contribution in [-0.2, 0) is 11.3 Å². The van der Waals surface area contributed by atoms with Crippen LogP contribution in [0.25, 0.3) is 22.4 Å². The molecule has 28 heavy (non-hydrogen) atoms. The van der Waals surface area contributed by atoms with Crippen LogP contribution in [0.15, 0.2) is 28.0 Å². The average Bonchev–Trinajstić information content (AvgIpc) is 3.11. The number of aliphatic hydroxyl groups is 1. The Hall–Kier alpha value is -2.23. The SMILES string of the molecule is CSc1nccc(-c2noc3c(F)c(N4CC(C)OC(C)C4)c(CO)cc23)n1. The van der Waals surface area contributed by atoms with Crippen LogP contribution >= 0.6 is 11.8 Å².